The van der Waals surface area contributed by atoms with Crippen molar-refractivity contribution in [2.45, 2.75) is 25.4 Å². The first-order chi connectivity index (χ1) is 12.6. The number of benzene rings is 2. The zero-order valence-corrected chi connectivity index (χ0v) is 15.6. The third-order valence-electron chi connectivity index (χ3n) is 4.45. The molecule has 3 rings (SSSR count). The number of nitrogens with zero attached hydrogens (tertiary/aromatic N) is 1. The van der Waals surface area contributed by atoms with Gasteiger partial charge in [-0.15, -0.1) is 12.4 Å². The molecule has 1 heterocycles. The Balaban J connectivity index is 0.00000261. The molecule has 2 aromatic rings. The maximum absolute atomic E-state index is 12.3. The van der Waals surface area contributed by atoms with Crippen molar-refractivity contribution >= 4 is 29.7 Å². The predicted molar refractivity (Wildman–Crippen MR) is 107 cm³/mol. The molecule has 1 fully saturated rings. The Hall–Kier alpha value is -2.64. The molecule has 0 bridgehead atoms. The number of anilines is 1. The minimum Gasteiger partial charge on any atom is -0.375 e. The van der Waals surface area contributed by atoms with Crippen LogP contribution in [0, 0.1) is 10.1 Å². The number of carbonyl (C=O) groups is 1. The highest BCUT2D eigenvalue weighted by atomic mass is 35.5. The Morgan fingerprint density at radius 1 is 1.22 bits per heavy atom. The number of rotatable bonds is 7. The van der Waals surface area contributed by atoms with Crippen molar-refractivity contribution in [3.63, 3.8) is 0 Å². The normalized spacial score (nSPS) is 15.6. The lowest BCUT2D eigenvalue weighted by Crippen LogP contribution is -2.37. The molecule has 27 heavy (non-hydrogen) atoms. The number of hydrogen-bond acceptors (Lipinski definition) is 5. The van der Waals surface area contributed by atoms with Gasteiger partial charge in [0.15, 0.2) is 0 Å². The van der Waals surface area contributed by atoms with Gasteiger partial charge in [-0.2, -0.15) is 0 Å². The Bertz CT molecular complexity index is 780. The average molecular weight is 391 g/mol. The van der Waals surface area contributed by atoms with Crippen LogP contribution in [0.4, 0.5) is 11.4 Å². The van der Waals surface area contributed by atoms with Gasteiger partial charge in [-0.1, -0.05) is 30.3 Å². The van der Waals surface area contributed by atoms with E-state index < -0.39 is 4.92 Å². The summed E-state index contributed by atoms with van der Waals surface area (Å²) in [6, 6.07) is 14.4. The van der Waals surface area contributed by atoms with Gasteiger partial charge < -0.3 is 16.0 Å². The summed E-state index contributed by atoms with van der Waals surface area (Å²) in [6.45, 7) is 1.97. The van der Waals surface area contributed by atoms with E-state index in [0.717, 1.165) is 24.9 Å². The molecule has 8 heteroatoms. The first-order valence-electron chi connectivity index (χ1n) is 8.71. The zero-order valence-electron chi connectivity index (χ0n) is 14.8. The van der Waals surface area contributed by atoms with Crippen molar-refractivity contribution in [1.29, 1.82) is 0 Å². The van der Waals surface area contributed by atoms with Gasteiger partial charge in [-0.3, -0.25) is 14.9 Å². The number of nitrogens with one attached hydrogen (secondary N) is 3. The summed E-state index contributed by atoms with van der Waals surface area (Å²) in [5.74, 6) is -0.295. The van der Waals surface area contributed by atoms with Crippen LogP contribution >= 0.6 is 12.4 Å². The van der Waals surface area contributed by atoms with Crippen LogP contribution in [0.2, 0.25) is 0 Å². The Kier molecular flexibility index (Phi) is 7.57. The highest BCUT2D eigenvalue weighted by Crippen LogP contribution is 2.26. The summed E-state index contributed by atoms with van der Waals surface area (Å²) in [6.07, 6.45) is 2.14. The molecule has 0 radical (unpaired) electrons. The van der Waals surface area contributed by atoms with E-state index in [1.807, 2.05) is 30.3 Å². The molecular formula is C19H23ClN4O3. The van der Waals surface area contributed by atoms with Gasteiger partial charge in [-0.05, 0) is 37.1 Å². The third-order valence-corrected chi connectivity index (χ3v) is 4.45. The lowest BCUT2D eigenvalue weighted by atomic mass is 10.1. The lowest BCUT2D eigenvalue weighted by Gasteiger charge is -2.12. The van der Waals surface area contributed by atoms with Crippen LogP contribution in [0.1, 0.15) is 28.8 Å². The molecule has 1 amide bonds. The molecule has 0 spiro atoms. The van der Waals surface area contributed by atoms with Crippen LogP contribution in [-0.2, 0) is 6.54 Å². The number of carbonyl (C=O) groups excluding carboxylic acids is 1. The molecule has 3 N–H and O–H groups in total. The fourth-order valence-electron chi connectivity index (χ4n) is 3.02. The van der Waals surface area contributed by atoms with Gasteiger partial charge in [0.1, 0.15) is 5.69 Å². The fraction of sp³-hybridized carbons (Fsp3) is 0.316. The Morgan fingerprint density at radius 2 is 2.00 bits per heavy atom. The molecule has 144 valence electrons. The molecule has 2 aromatic carbocycles. The Morgan fingerprint density at radius 3 is 2.67 bits per heavy atom. The number of nitro benzene ring substituents is 1. The summed E-state index contributed by atoms with van der Waals surface area (Å²) in [7, 11) is 0. The maximum atomic E-state index is 12.3. The molecule has 0 aromatic heterocycles. The van der Waals surface area contributed by atoms with Crippen molar-refractivity contribution in [2.24, 2.45) is 0 Å². The van der Waals surface area contributed by atoms with Gasteiger partial charge in [0, 0.05) is 30.8 Å². The zero-order chi connectivity index (χ0) is 18.4. The first kappa shape index (κ1) is 20.7. The van der Waals surface area contributed by atoms with Crippen molar-refractivity contribution < 1.29 is 9.72 Å². The number of hydrogen-bond donors (Lipinski definition) is 3. The Labute approximate surface area is 164 Å². The van der Waals surface area contributed by atoms with Crippen LogP contribution in [0.3, 0.4) is 0 Å². The third kappa shape index (κ3) is 5.67. The van der Waals surface area contributed by atoms with Crippen LogP contribution < -0.4 is 16.0 Å². The highest BCUT2D eigenvalue weighted by molar-refractivity contribution is 5.95. The van der Waals surface area contributed by atoms with Crippen LogP contribution in [0.15, 0.2) is 48.5 Å². The van der Waals surface area contributed by atoms with E-state index in [-0.39, 0.29) is 30.0 Å². The van der Waals surface area contributed by atoms with E-state index in [1.54, 1.807) is 12.1 Å². The summed E-state index contributed by atoms with van der Waals surface area (Å²) in [5, 5.41) is 20.6. The van der Waals surface area contributed by atoms with Crippen molar-refractivity contribution in [2.75, 3.05) is 18.4 Å². The second kappa shape index (κ2) is 9.89. The van der Waals surface area contributed by atoms with Gasteiger partial charge in [0.2, 0.25) is 0 Å². The predicted octanol–water partition coefficient (Wildman–Crippen LogP) is 3.11. The van der Waals surface area contributed by atoms with Gasteiger partial charge in [-0.25, -0.2) is 0 Å². The van der Waals surface area contributed by atoms with Crippen molar-refractivity contribution in [3.05, 3.63) is 69.8 Å². The smallest absolute Gasteiger partial charge is 0.293 e. The standard InChI is InChI=1S/C19H22N4O3.ClH/c24-19(22-13-16-7-4-10-20-16)15-8-9-17(18(11-15)23(25)26)21-12-14-5-2-1-3-6-14;/h1-3,5-6,8-9,11,16,20-21H,4,7,10,12-13H2,(H,22,24);1H. The molecular weight excluding hydrogens is 368 g/mol. The molecule has 1 aliphatic rings. The maximum Gasteiger partial charge on any atom is 0.293 e. The number of amides is 1. The van der Waals surface area contributed by atoms with Gasteiger partial charge in [0.05, 0.1) is 4.92 Å². The van der Waals surface area contributed by atoms with Gasteiger partial charge in [0.25, 0.3) is 11.6 Å². The van der Waals surface area contributed by atoms with E-state index in [9.17, 15) is 14.9 Å². The largest absolute Gasteiger partial charge is 0.375 e. The van der Waals surface area contributed by atoms with E-state index in [2.05, 4.69) is 16.0 Å². The molecule has 1 atom stereocenters. The minimum absolute atomic E-state index is 0. The SMILES string of the molecule is Cl.O=C(NCC1CCCN1)c1ccc(NCc2ccccc2)c([N+](=O)[O-])c1. The summed E-state index contributed by atoms with van der Waals surface area (Å²) >= 11 is 0. The molecule has 0 saturated carbocycles. The minimum atomic E-state index is -0.470. The van der Waals surface area contributed by atoms with Crippen molar-refractivity contribution in [1.82, 2.24) is 10.6 Å². The summed E-state index contributed by atoms with van der Waals surface area (Å²) in [5.41, 5.74) is 1.60. The van der Waals surface area contributed by atoms with E-state index in [0.29, 0.717) is 24.3 Å². The second-order valence-electron chi connectivity index (χ2n) is 6.33. The summed E-state index contributed by atoms with van der Waals surface area (Å²) < 4.78 is 0. The van der Waals surface area contributed by atoms with Crippen LogP contribution in [0.25, 0.3) is 0 Å². The van der Waals surface area contributed by atoms with Crippen molar-refractivity contribution in [3.8, 4) is 0 Å². The van der Waals surface area contributed by atoms with Crippen LogP contribution in [-0.4, -0.2) is 30.0 Å². The van der Waals surface area contributed by atoms with E-state index in [4.69, 9.17) is 0 Å². The quantitative estimate of drug-likeness (QED) is 0.498. The molecule has 1 aliphatic heterocycles. The fourth-order valence-corrected chi connectivity index (χ4v) is 3.02. The molecule has 1 unspecified atom stereocenters. The van der Waals surface area contributed by atoms with E-state index >= 15 is 0 Å². The lowest BCUT2D eigenvalue weighted by molar-refractivity contribution is -0.384. The molecule has 7 nitrogen and oxygen atoms in total. The molecule has 1 saturated heterocycles. The molecule has 0 aliphatic carbocycles. The first-order valence-corrected chi connectivity index (χ1v) is 8.71. The number of nitro groups is 1. The highest BCUT2D eigenvalue weighted by Gasteiger charge is 2.19. The van der Waals surface area contributed by atoms with Crippen LogP contribution in [0.5, 0.6) is 0 Å². The van der Waals surface area contributed by atoms with Gasteiger partial charge >= 0.3 is 0 Å². The topological polar surface area (TPSA) is 96.3 Å². The summed E-state index contributed by atoms with van der Waals surface area (Å²) in [4.78, 5) is 23.2. The number of halogens is 1. The average Bonchev–Trinajstić information content (AvgIpc) is 3.18. The monoisotopic (exact) mass is 390 g/mol. The van der Waals surface area contributed by atoms with E-state index in [1.165, 1.54) is 6.07 Å². The second-order valence-corrected chi connectivity index (χ2v) is 6.33.